The molecule has 9 aromatic heterocycles. The Morgan fingerprint density at radius 1 is 0.250 bits per heavy atom. The summed E-state index contributed by atoms with van der Waals surface area (Å²) < 4.78 is 5.08. The number of aromatic nitrogens is 16. The van der Waals surface area contributed by atoms with Crippen LogP contribution in [0, 0.1) is 138 Å². The molecule has 0 aliphatic carbocycles. The van der Waals surface area contributed by atoms with Gasteiger partial charge in [-0.25, -0.2) is 59.8 Å². The SMILES string of the molecule is CC.CC.CC.CC.CC.CC.CC.CC.CC.CC.CC.Cc1cc(C)ncn1.Cc1ccc(C)o1.Cc1ccc(C)s1.Cc1ccc2c(ccc3cc(C)ccc32)c1.Cc1ccnc(C)n1.Cc1cnc(C)cn1.Cc1cncc(C)n1.Cc1nc(C)c2ccccc2n1.Cc1ncnc(C)n1.Cc1ncnc(C)n1. The van der Waals surface area contributed by atoms with E-state index in [0.29, 0.717) is 0 Å². The van der Waals surface area contributed by atoms with Gasteiger partial charge in [-0.2, -0.15) is 0 Å². The smallest absolute Gasteiger partial charge is 0.129 e. The molecule has 0 spiro atoms. The summed E-state index contributed by atoms with van der Waals surface area (Å²) in [6, 6.07) is 37.8. The third-order valence-corrected chi connectivity index (χ3v) is 13.0. The topological polar surface area (TPSA) is 219 Å². The molecule has 13 rings (SSSR count). The summed E-state index contributed by atoms with van der Waals surface area (Å²) in [5.74, 6) is 6.75. The number of nitrogens with zero attached hydrogens (tertiary/aromatic N) is 16. The molecule has 4 aromatic carbocycles. The van der Waals surface area contributed by atoms with E-state index in [1.165, 1.54) is 55.1 Å². The highest BCUT2D eigenvalue weighted by atomic mass is 32.1. The van der Waals surface area contributed by atoms with Gasteiger partial charge in [0.2, 0.25) is 0 Å². The molecule has 0 saturated carbocycles. The van der Waals surface area contributed by atoms with Gasteiger partial charge in [-0.1, -0.05) is 230 Å². The summed E-state index contributed by atoms with van der Waals surface area (Å²) in [5.41, 5.74) is 11.7. The highest BCUT2D eigenvalue weighted by molar-refractivity contribution is 7.11. The van der Waals surface area contributed by atoms with E-state index in [1.54, 1.807) is 37.3 Å². The molecule has 0 aliphatic heterocycles. The van der Waals surface area contributed by atoms with Crippen molar-refractivity contribution >= 4 is 43.8 Å². The monoisotopic (exact) mass is 1550 g/mol. The fourth-order valence-corrected chi connectivity index (χ4v) is 8.77. The lowest BCUT2D eigenvalue weighted by Gasteiger charge is -2.05. The van der Waals surface area contributed by atoms with Crippen molar-refractivity contribution in [1.82, 2.24) is 79.7 Å². The third kappa shape index (κ3) is 61.8. The van der Waals surface area contributed by atoms with E-state index in [0.717, 1.165) is 103 Å². The molecule has 0 amide bonds. The molecule has 0 aliphatic rings. The molecule has 13 aromatic rings. The Morgan fingerprint density at radius 2 is 0.616 bits per heavy atom. The minimum atomic E-state index is 0.775. The quantitative estimate of drug-likeness (QED) is 0.129. The molecule has 112 heavy (non-hydrogen) atoms. The van der Waals surface area contributed by atoms with Crippen LogP contribution in [-0.2, 0) is 0 Å². The Bertz CT molecular complexity index is 3760. The second-order valence-corrected chi connectivity index (χ2v) is 22.5. The zero-order chi connectivity index (χ0) is 88.1. The van der Waals surface area contributed by atoms with Crippen LogP contribution >= 0.6 is 11.3 Å². The molecule has 0 saturated heterocycles. The van der Waals surface area contributed by atoms with Crippen LogP contribution in [0.3, 0.4) is 0 Å². The zero-order valence-corrected chi connectivity index (χ0v) is 78.8. The predicted octanol–water partition coefficient (Wildman–Crippen LogP) is 27.8. The average Bonchev–Trinajstić information content (AvgIpc) is 1.43. The first kappa shape index (κ1) is 118. The van der Waals surface area contributed by atoms with Crippen LogP contribution in [0.15, 0.2) is 164 Å². The van der Waals surface area contributed by atoms with E-state index >= 15 is 0 Å². The lowest BCUT2D eigenvalue weighted by Crippen LogP contribution is -1.92. The molecular weight excluding hydrogens is 1400 g/mol. The molecule has 9 heterocycles. The van der Waals surface area contributed by atoms with Crippen molar-refractivity contribution in [2.45, 2.75) is 291 Å². The summed E-state index contributed by atoms with van der Waals surface area (Å²) in [6.45, 7) is 83.1. The van der Waals surface area contributed by atoms with Crippen molar-refractivity contribution in [3.8, 4) is 0 Å². The molecule has 0 bridgehead atoms. The second kappa shape index (κ2) is 80.6. The van der Waals surface area contributed by atoms with Crippen LogP contribution in [-0.4, -0.2) is 79.7 Å². The maximum atomic E-state index is 5.08. The first-order valence-corrected chi connectivity index (χ1v) is 41.1. The van der Waals surface area contributed by atoms with Gasteiger partial charge in [0, 0.05) is 68.9 Å². The number of benzene rings is 4. The maximum absolute atomic E-state index is 5.08. The molecule has 0 fully saturated rings. The molecule has 18 heteroatoms. The molecule has 0 radical (unpaired) electrons. The molecule has 17 nitrogen and oxygen atoms in total. The van der Waals surface area contributed by atoms with Gasteiger partial charge >= 0.3 is 0 Å². The summed E-state index contributed by atoms with van der Waals surface area (Å²) in [7, 11) is 0. The molecule has 0 N–H and O–H groups in total. The van der Waals surface area contributed by atoms with Gasteiger partial charge in [-0.3, -0.25) is 19.9 Å². The average molecular weight is 1550 g/mol. The van der Waals surface area contributed by atoms with Crippen molar-refractivity contribution < 1.29 is 4.42 Å². The maximum Gasteiger partial charge on any atom is 0.129 e. The summed E-state index contributed by atoms with van der Waals surface area (Å²) in [4.78, 5) is 66.5. The van der Waals surface area contributed by atoms with Gasteiger partial charge in [-0.15, -0.1) is 11.3 Å². The second-order valence-electron chi connectivity index (χ2n) is 21.0. The lowest BCUT2D eigenvalue weighted by atomic mass is 9.99. The Kier molecular flexibility index (Phi) is 84.8. The van der Waals surface area contributed by atoms with Crippen molar-refractivity contribution in [2.75, 3.05) is 0 Å². The van der Waals surface area contributed by atoms with Crippen LogP contribution in [0.25, 0.3) is 32.4 Å². The first-order valence-electron chi connectivity index (χ1n) is 40.2. The van der Waals surface area contributed by atoms with Crippen LogP contribution in [0.5, 0.6) is 0 Å². The first-order chi connectivity index (χ1) is 53.8. The van der Waals surface area contributed by atoms with Gasteiger partial charge in [0.05, 0.1) is 28.3 Å². The molecule has 620 valence electrons. The molecule has 0 unspecified atom stereocenters. The Balaban J connectivity index is -0.000000175. The normalized spacial score (nSPS) is 8.45. The molecular formula is C94H152N16OS. The number of rotatable bonds is 0. The zero-order valence-electron chi connectivity index (χ0n) is 78.0. The van der Waals surface area contributed by atoms with E-state index < -0.39 is 0 Å². The van der Waals surface area contributed by atoms with Gasteiger partial charge < -0.3 is 4.42 Å². The van der Waals surface area contributed by atoms with Crippen LogP contribution in [0.2, 0.25) is 0 Å². The molecule has 0 atom stereocenters. The predicted molar refractivity (Wildman–Crippen MR) is 491 cm³/mol. The number of aryl methyl sites for hydroxylation is 20. The summed E-state index contributed by atoms with van der Waals surface area (Å²) >= 11 is 1.84. The van der Waals surface area contributed by atoms with E-state index in [9.17, 15) is 0 Å². The van der Waals surface area contributed by atoms with E-state index in [1.807, 2.05) is 323 Å². The van der Waals surface area contributed by atoms with E-state index in [4.69, 9.17) is 4.42 Å². The van der Waals surface area contributed by atoms with Crippen molar-refractivity contribution in [3.05, 3.63) is 272 Å². The minimum absolute atomic E-state index is 0.775. The lowest BCUT2D eigenvalue weighted by molar-refractivity contribution is 0.504. The number of fused-ring (bicyclic) bond motifs is 4. The van der Waals surface area contributed by atoms with Crippen molar-refractivity contribution in [2.24, 2.45) is 0 Å². The van der Waals surface area contributed by atoms with Crippen LogP contribution in [0.4, 0.5) is 0 Å². The summed E-state index contributed by atoms with van der Waals surface area (Å²) in [6.07, 6.45) is 13.4. The van der Waals surface area contributed by atoms with E-state index in [-0.39, 0.29) is 0 Å². The number of thiophene rings is 1. The van der Waals surface area contributed by atoms with Crippen molar-refractivity contribution in [1.29, 1.82) is 0 Å². The third-order valence-electron chi connectivity index (χ3n) is 12.1. The van der Waals surface area contributed by atoms with Crippen molar-refractivity contribution in [3.63, 3.8) is 0 Å². The summed E-state index contributed by atoms with van der Waals surface area (Å²) in [5, 5.41) is 6.50. The largest absolute Gasteiger partial charge is 0.467 e. The standard InChI is InChI=1S/C16H14.C10H10N2.4C6H8N2.C6H8O.C6H8S.2C5H7N3.11C2H6/c1-11-3-7-15-13(9-11)5-6-14-10-12(2)4-8-16(14)15;1-7-9-5-3-4-6-10(9)12-8(2)11-7;1-5-3-8-6(2)4-7-5;1-5-3-7-4-6(2)8-5;1-5-3-6(2)8-4-7-5;1-5-3-4-7-6(2)8-5;2*1-5-3-4-6(2)7-5;2*1-4-6-3-7-5(2)8-4;11*1-2/h3-10H,1-2H3;3-6H,1-2H3;4*3-4H,1-2H3;2*3-4H,1-2H3;2*3H,1-2H3;11*1-2H3. The van der Waals surface area contributed by atoms with Gasteiger partial charge in [0.15, 0.2) is 0 Å². The Hall–Kier alpha value is -9.94. The fourth-order valence-electron chi connectivity index (χ4n) is 7.99. The van der Waals surface area contributed by atoms with Gasteiger partial charge in [0.25, 0.3) is 0 Å². The number of furan rings is 1. The van der Waals surface area contributed by atoms with E-state index in [2.05, 4.69) is 168 Å². The Morgan fingerprint density at radius 3 is 0.884 bits per heavy atom. The van der Waals surface area contributed by atoms with Gasteiger partial charge in [-0.05, 0) is 202 Å². The van der Waals surface area contributed by atoms with Gasteiger partial charge in [0.1, 0.15) is 65.4 Å². The highest BCUT2D eigenvalue weighted by Crippen LogP contribution is 2.27. The number of hydrogen-bond acceptors (Lipinski definition) is 18. The Labute approximate surface area is 686 Å². The highest BCUT2D eigenvalue weighted by Gasteiger charge is 2.02. The van der Waals surface area contributed by atoms with Crippen LogP contribution < -0.4 is 0 Å². The number of para-hydroxylation sites is 1. The minimum Gasteiger partial charge on any atom is -0.467 e. The fraction of sp³-hybridized carbons (Fsp3) is 0.447. The number of hydrogen-bond donors (Lipinski definition) is 0. The van der Waals surface area contributed by atoms with Crippen LogP contribution in [0.1, 0.15) is 265 Å².